The van der Waals surface area contributed by atoms with E-state index in [-0.39, 0.29) is 12.0 Å². The fourth-order valence-corrected chi connectivity index (χ4v) is 3.31. The van der Waals surface area contributed by atoms with Gasteiger partial charge in [-0.1, -0.05) is 30.3 Å². The SMILES string of the molecule is CC(=O)N1CC[C@@H](OCc2ccncc2)[C@@H](Cc2ccccc2)C1. The molecular weight excluding hydrogens is 300 g/mol. The van der Waals surface area contributed by atoms with Crippen LogP contribution in [0.1, 0.15) is 24.5 Å². The van der Waals surface area contributed by atoms with Crippen LogP contribution in [0.25, 0.3) is 0 Å². The van der Waals surface area contributed by atoms with Crippen molar-refractivity contribution >= 4 is 5.91 Å². The van der Waals surface area contributed by atoms with E-state index in [2.05, 4.69) is 29.2 Å². The minimum atomic E-state index is 0.153. The number of amides is 1. The van der Waals surface area contributed by atoms with Crippen molar-refractivity contribution in [3.8, 4) is 0 Å². The van der Waals surface area contributed by atoms with Crippen LogP contribution in [0.3, 0.4) is 0 Å². The number of rotatable bonds is 5. The summed E-state index contributed by atoms with van der Waals surface area (Å²) in [6, 6.07) is 14.4. The summed E-state index contributed by atoms with van der Waals surface area (Å²) in [5.74, 6) is 0.479. The Morgan fingerprint density at radius 1 is 1.17 bits per heavy atom. The van der Waals surface area contributed by atoms with Gasteiger partial charge in [-0.3, -0.25) is 9.78 Å². The summed E-state index contributed by atoms with van der Waals surface area (Å²) in [4.78, 5) is 17.7. The number of pyridine rings is 1. The Hall–Kier alpha value is -2.20. The van der Waals surface area contributed by atoms with Crippen LogP contribution in [-0.4, -0.2) is 35.0 Å². The number of hydrogen-bond acceptors (Lipinski definition) is 3. The minimum Gasteiger partial charge on any atom is -0.373 e. The van der Waals surface area contributed by atoms with Gasteiger partial charge in [0.2, 0.25) is 5.91 Å². The lowest BCUT2D eigenvalue weighted by Gasteiger charge is -2.38. The van der Waals surface area contributed by atoms with Gasteiger partial charge < -0.3 is 9.64 Å². The summed E-state index contributed by atoms with van der Waals surface area (Å²) in [5, 5.41) is 0. The highest BCUT2D eigenvalue weighted by molar-refractivity contribution is 5.73. The Bertz CT molecular complexity index is 645. The largest absolute Gasteiger partial charge is 0.373 e. The van der Waals surface area contributed by atoms with E-state index in [4.69, 9.17) is 4.74 Å². The van der Waals surface area contributed by atoms with E-state index in [1.165, 1.54) is 5.56 Å². The second-order valence-corrected chi connectivity index (χ2v) is 6.41. The number of hydrogen-bond donors (Lipinski definition) is 0. The third-order valence-electron chi connectivity index (χ3n) is 4.66. The number of aromatic nitrogens is 1. The summed E-state index contributed by atoms with van der Waals surface area (Å²) in [6.07, 6.45) is 5.58. The zero-order valence-electron chi connectivity index (χ0n) is 14.1. The van der Waals surface area contributed by atoms with Gasteiger partial charge in [-0.25, -0.2) is 0 Å². The molecule has 4 nitrogen and oxygen atoms in total. The van der Waals surface area contributed by atoms with Gasteiger partial charge >= 0.3 is 0 Å². The highest BCUT2D eigenvalue weighted by atomic mass is 16.5. The molecule has 24 heavy (non-hydrogen) atoms. The highest BCUT2D eigenvalue weighted by Gasteiger charge is 2.31. The van der Waals surface area contributed by atoms with Crippen molar-refractivity contribution in [3.63, 3.8) is 0 Å². The van der Waals surface area contributed by atoms with Gasteiger partial charge in [-0.2, -0.15) is 0 Å². The van der Waals surface area contributed by atoms with Crippen molar-refractivity contribution < 1.29 is 9.53 Å². The van der Waals surface area contributed by atoms with Gasteiger partial charge in [0.1, 0.15) is 0 Å². The molecule has 1 amide bonds. The van der Waals surface area contributed by atoms with Crippen LogP contribution in [0.5, 0.6) is 0 Å². The van der Waals surface area contributed by atoms with Gasteiger partial charge in [0.05, 0.1) is 12.7 Å². The first-order chi connectivity index (χ1) is 11.7. The standard InChI is InChI=1S/C20H24N2O2/c1-16(23)22-12-9-20(24-15-18-7-10-21-11-8-18)19(14-22)13-17-5-3-2-4-6-17/h2-8,10-11,19-20H,9,12-15H2,1H3/t19-,20+/m0/s1. The normalized spacial score (nSPS) is 20.8. The third kappa shape index (κ3) is 4.42. The minimum absolute atomic E-state index is 0.153. The second kappa shape index (κ2) is 8.06. The van der Waals surface area contributed by atoms with Gasteiger partial charge in [-0.15, -0.1) is 0 Å². The van der Waals surface area contributed by atoms with Crippen molar-refractivity contribution in [2.24, 2.45) is 5.92 Å². The first-order valence-electron chi connectivity index (χ1n) is 8.52. The lowest BCUT2D eigenvalue weighted by atomic mass is 9.88. The molecule has 0 bridgehead atoms. The number of carbonyl (C=O) groups is 1. The molecule has 2 heterocycles. The van der Waals surface area contributed by atoms with E-state index in [9.17, 15) is 4.79 Å². The molecule has 0 N–H and O–H groups in total. The quantitative estimate of drug-likeness (QED) is 0.849. The van der Waals surface area contributed by atoms with Crippen LogP contribution in [0.4, 0.5) is 0 Å². The Morgan fingerprint density at radius 2 is 1.92 bits per heavy atom. The average molecular weight is 324 g/mol. The molecule has 1 aromatic carbocycles. The van der Waals surface area contributed by atoms with E-state index in [1.54, 1.807) is 19.3 Å². The molecule has 0 radical (unpaired) electrons. The van der Waals surface area contributed by atoms with E-state index in [0.29, 0.717) is 12.5 Å². The highest BCUT2D eigenvalue weighted by Crippen LogP contribution is 2.25. The number of carbonyl (C=O) groups excluding carboxylic acids is 1. The molecule has 1 aliphatic rings. The second-order valence-electron chi connectivity index (χ2n) is 6.41. The number of likely N-dealkylation sites (tertiary alicyclic amines) is 1. The summed E-state index contributed by atoms with van der Waals surface area (Å²) in [5.41, 5.74) is 2.43. The third-order valence-corrected chi connectivity index (χ3v) is 4.66. The molecular formula is C20H24N2O2. The van der Waals surface area contributed by atoms with Crippen LogP contribution in [-0.2, 0) is 22.6 Å². The van der Waals surface area contributed by atoms with Crippen LogP contribution < -0.4 is 0 Å². The summed E-state index contributed by atoms with van der Waals surface area (Å²) < 4.78 is 6.22. The maximum atomic E-state index is 11.8. The molecule has 2 aromatic rings. The zero-order chi connectivity index (χ0) is 16.8. The van der Waals surface area contributed by atoms with Crippen molar-refractivity contribution in [3.05, 3.63) is 66.0 Å². The fourth-order valence-electron chi connectivity index (χ4n) is 3.31. The molecule has 1 fully saturated rings. The lowest BCUT2D eigenvalue weighted by molar-refractivity contribution is -0.134. The average Bonchev–Trinajstić information content (AvgIpc) is 2.62. The van der Waals surface area contributed by atoms with Crippen molar-refractivity contribution in [2.75, 3.05) is 13.1 Å². The Morgan fingerprint density at radius 3 is 2.62 bits per heavy atom. The summed E-state index contributed by atoms with van der Waals surface area (Å²) in [7, 11) is 0. The molecule has 1 aromatic heterocycles. The predicted octanol–water partition coefficient (Wildman–Crippen LogP) is 3.08. The van der Waals surface area contributed by atoms with Crippen LogP contribution in [0.15, 0.2) is 54.9 Å². The predicted molar refractivity (Wildman–Crippen MR) is 93.3 cm³/mol. The van der Waals surface area contributed by atoms with Crippen LogP contribution >= 0.6 is 0 Å². The molecule has 0 saturated carbocycles. The Balaban J connectivity index is 1.66. The number of benzene rings is 1. The Labute approximate surface area is 143 Å². The molecule has 2 atom stereocenters. The molecule has 3 rings (SSSR count). The first kappa shape index (κ1) is 16.7. The maximum absolute atomic E-state index is 11.8. The smallest absolute Gasteiger partial charge is 0.219 e. The van der Waals surface area contributed by atoms with Gasteiger partial charge in [0, 0.05) is 38.3 Å². The number of ether oxygens (including phenoxy) is 1. The van der Waals surface area contributed by atoms with Crippen molar-refractivity contribution in [1.29, 1.82) is 0 Å². The lowest BCUT2D eigenvalue weighted by Crippen LogP contribution is -2.46. The fraction of sp³-hybridized carbons (Fsp3) is 0.400. The van der Waals surface area contributed by atoms with Gasteiger partial charge in [0.15, 0.2) is 0 Å². The molecule has 1 saturated heterocycles. The van der Waals surface area contributed by atoms with E-state index >= 15 is 0 Å². The molecule has 0 unspecified atom stereocenters. The van der Waals surface area contributed by atoms with Gasteiger partial charge in [-0.05, 0) is 36.1 Å². The molecule has 126 valence electrons. The van der Waals surface area contributed by atoms with Crippen molar-refractivity contribution in [2.45, 2.75) is 32.5 Å². The monoisotopic (exact) mass is 324 g/mol. The van der Waals surface area contributed by atoms with Crippen LogP contribution in [0.2, 0.25) is 0 Å². The molecule has 0 spiro atoms. The molecule has 4 heteroatoms. The summed E-state index contributed by atoms with van der Waals surface area (Å²) in [6.45, 7) is 3.79. The number of piperidine rings is 1. The van der Waals surface area contributed by atoms with E-state index in [0.717, 1.165) is 31.5 Å². The van der Waals surface area contributed by atoms with E-state index in [1.807, 2.05) is 23.1 Å². The molecule has 0 aliphatic carbocycles. The maximum Gasteiger partial charge on any atom is 0.219 e. The Kier molecular flexibility index (Phi) is 5.59. The topological polar surface area (TPSA) is 42.4 Å². The van der Waals surface area contributed by atoms with Crippen molar-refractivity contribution in [1.82, 2.24) is 9.88 Å². The van der Waals surface area contributed by atoms with Gasteiger partial charge in [0.25, 0.3) is 0 Å². The zero-order valence-corrected chi connectivity index (χ0v) is 14.1. The van der Waals surface area contributed by atoms with E-state index < -0.39 is 0 Å². The first-order valence-corrected chi connectivity index (χ1v) is 8.52. The number of nitrogens with zero attached hydrogens (tertiary/aromatic N) is 2. The molecule has 1 aliphatic heterocycles. The van der Waals surface area contributed by atoms with Crippen LogP contribution in [0, 0.1) is 5.92 Å². The summed E-state index contributed by atoms with van der Waals surface area (Å²) >= 11 is 0.